The van der Waals surface area contributed by atoms with Crippen LogP contribution in [-0.4, -0.2) is 30.6 Å². The van der Waals surface area contributed by atoms with Crippen LogP contribution < -0.4 is 5.32 Å². The van der Waals surface area contributed by atoms with Crippen LogP contribution in [0.5, 0.6) is 0 Å². The second-order valence-electron chi connectivity index (χ2n) is 10.6. The van der Waals surface area contributed by atoms with Gasteiger partial charge in [-0.3, -0.25) is 4.79 Å². The van der Waals surface area contributed by atoms with E-state index >= 15 is 0 Å². The van der Waals surface area contributed by atoms with Gasteiger partial charge in [0.25, 0.3) is 5.91 Å². The molecule has 0 saturated carbocycles. The molecule has 0 aromatic heterocycles. The summed E-state index contributed by atoms with van der Waals surface area (Å²) in [6.45, 7) is 10.9. The van der Waals surface area contributed by atoms with Gasteiger partial charge in [0.15, 0.2) is 5.83 Å². The molecule has 1 atom stereocenters. The molecule has 4 nitrogen and oxygen atoms in total. The molecule has 2 aromatic carbocycles. The maximum atomic E-state index is 14.9. The highest BCUT2D eigenvalue weighted by atomic mass is 19.4. The monoisotopic (exact) mass is 691 g/mol. The number of allylic oxidation sites excluding steroid dienone is 5. The van der Waals surface area contributed by atoms with Crippen LogP contribution in [-0.2, 0) is 22.1 Å². The number of amides is 1. The van der Waals surface area contributed by atoms with Gasteiger partial charge in [0.05, 0.1) is 24.0 Å². The number of rotatable bonds is 16. The van der Waals surface area contributed by atoms with Crippen LogP contribution in [0.2, 0.25) is 0 Å². The summed E-state index contributed by atoms with van der Waals surface area (Å²) in [6.07, 6.45) is -10.8. The second-order valence-corrected chi connectivity index (χ2v) is 10.6. The van der Waals surface area contributed by atoms with Gasteiger partial charge in [-0.05, 0) is 47.4 Å². The van der Waals surface area contributed by atoms with E-state index in [0.29, 0.717) is 17.7 Å². The van der Waals surface area contributed by atoms with Gasteiger partial charge in [-0.25, -0.2) is 13.2 Å². The fraction of sp³-hybridized carbons (Fsp3) is 0.265. The lowest BCUT2D eigenvalue weighted by molar-refractivity contribution is -0.274. The van der Waals surface area contributed by atoms with Crippen molar-refractivity contribution in [2.24, 2.45) is 5.92 Å². The van der Waals surface area contributed by atoms with E-state index in [2.05, 4.69) is 23.2 Å². The minimum absolute atomic E-state index is 0.0224. The van der Waals surface area contributed by atoms with Crippen molar-refractivity contribution in [1.82, 2.24) is 5.32 Å². The van der Waals surface area contributed by atoms with Crippen LogP contribution in [0.3, 0.4) is 0 Å². The van der Waals surface area contributed by atoms with Gasteiger partial charge < -0.3 is 14.8 Å². The molecule has 14 heteroatoms. The maximum absolute atomic E-state index is 14.9. The molecule has 2 aromatic rings. The van der Waals surface area contributed by atoms with Crippen LogP contribution in [0, 0.1) is 11.7 Å². The average molecular weight is 692 g/mol. The molecule has 0 bridgehead atoms. The molecule has 0 radical (unpaired) electrons. The lowest BCUT2D eigenvalue weighted by atomic mass is 9.82. The van der Waals surface area contributed by atoms with E-state index < -0.39 is 58.8 Å². The van der Waals surface area contributed by atoms with Crippen LogP contribution in [0.25, 0.3) is 0 Å². The Kier molecular flexibility index (Phi) is 13.9. The Balaban J connectivity index is 2.68. The minimum atomic E-state index is -5.17. The van der Waals surface area contributed by atoms with Crippen molar-refractivity contribution in [3.05, 3.63) is 144 Å². The first-order valence-corrected chi connectivity index (χ1v) is 13.9. The number of ether oxygens (including phenoxy) is 2. The maximum Gasteiger partial charge on any atom is 0.460 e. The third-order valence-electron chi connectivity index (χ3n) is 6.27. The van der Waals surface area contributed by atoms with E-state index in [1.807, 2.05) is 0 Å². The molecule has 0 aliphatic heterocycles. The number of hydrogen-bond acceptors (Lipinski definition) is 3. The zero-order valence-electron chi connectivity index (χ0n) is 25.6. The van der Waals surface area contributed by atoms with Gasteiger partial charge in [-0.1, -0.05) is 69.5 Å². The zero-order chi connectivity index (χ0) is 36.3. The topological polar surface area (TPSA) is 47.6 Å². The van der Waals surface area contributed by atoms with Gasteiger partial charge in [0.1, 0.15) is 17.4 Å². The van der Waals surface area contributed by atoms with E-state index in [1.165, 1.54) is 0 Å². The van der Waals surface area contributed by atoms with E-state index in [0.717, 1.165) is 24.3 Å². The first kappa shape index (κ1) is 39.4. The predicted octanol–water partition coefficient (Wildman–Crippen LogP) is 9.95. The van der Waals surface area contributed by atoms with Crippen LogP contribution >= 0.6 is 0 Å². The summed E-state index contributed by atoms with van der Waals surface area (Å²) in [5.41, 5.74) is -4.40. The number of nitrogens with one attached hydrogen (secondary N) is 1. The fourth-order valence-corrected chi connectivity index (χ4v) is 3.83. The summed E-state index contributed by atoms with van der Waals surface area (Å²) in [7, 11) is 0. The third-order valence-corrected chi connectivity index (χ3v) is 6.27. The molecule has 0 fully saturated rings. The highest BCUT2D eigenvalue weighted by Gasteiger charge is 2.43. The Morgan fingerprint density at radius 1 is 1.00 bits per heavy atom. The van der Waals surface area contributed by atoms with E-state index in [1.54, 1.807) is 44.2 Å². The van der Waals surface area contributed by atoms with Crippen LogP contribution in [0.1, 0.15) is 35.3 Å². The Hall–Kier alpha value is -4.75. The summed E-state index contributed by atoms with van der Waals surface area (Å²) in [4.78, 5) is 13.4. The number of halogens is 10. The van der Waals surface area contributed by atoms with Crippen molar-refractivity contribution in [2.75, 3.05) is 6.61 Å². The summed E-state index contributed by atoms with van der Waals surface area (Å²) in [6, 6.07) is 9.33. The molecular weight excluding hydrogens is 660 g/mol. The Labute approximate surface area is 270 Å². The summed E-state index contributed by atoms with van der Waals surface area (Å²) in [5, 5.41) is 2.43. The molecule has 1 amide bonds. The van der Waals surface area contributed by atoms with Crippen LogP contribution in [0.15, 0.2) is 121 Å². The lowest BCUT2D eigenvalue weighted by Gasteiger charge is -2.33. The van der Waals surface area contributed by atoms with Gasteiger partial charge >= 0.3 is 18.7 Å². The fourth-order valence-electron chi connectivity index (χ4n) is 3.83. The largest absolute Gasteiger partial charge is 0.491 e. The summed E-state index contributed by atoms with van der Waals surface area (Å²) >= 11 is 0. The molecule has 0 aliphatic rings. The number of alkyl halides is 7. The smallest absolute Gasteiger partial charge is 0.460 e. The van der Waals surface area contributed by atoms with Crippen molar-refractivity contribution < 1.29 is 58.2 Å². The zero-order valence-corrected chi connectivity index (χ0v) is 25.6. The number of carbonyl (C=O) groups is 1. The highest BCUT2D eigenvalue weighted by Crippen LogP contribution is 2.33. The molecule has 0 saturated heterocycles. The van der Waals surface area contributed by atoms with Crippen molar-refractivity contribution in [1.29, 1.82) is 0 Å². The molecule has 0 unspecified atom stereocenters. The molecule has 260 valence electrons. The van der Waals surface area contributed by atoms with E-state index in [9.17, 15) is 48.7 Å². The Morgan fingerprint density at radius 3 is 2.23 bits per heavy atom. The first-order valence-electron chi connectivity index (χ1n) is 13.9. The lowest BCUT2D eigenvalue weighted by Crippen LogP contribution is -2.50. The number of hydrogen-bond donors (Lipinski definition) is 1. The second kappa shape index (κ2) is 16.9. The number of benzene rings is 2. The van der Waals surface area contributed by atoms with Crippen LogP contribution in [0.4, 0.5) is 43.9 Å². The Bertz CT molecular complexity index is 1560. The van der Waals surface area contributed by atoms with Crippen molar-refractivity contribution in [3.63, 3.8) is 0 Å². The normalized spacial score (nSPS) is 14.5. The Morgan fingerprint density at radius 2 is 1.65 bits per heavy atom. The van der Waals surface area contributed by atoms with E-state index in [-0.39, 0.29) is 48.7 Å². The third kappa shape index (κ3) is 11.8. The molecule has 0 aliphatic carbocycles. The van der Waals surface area contributed by atoms with Gasteiger partial charge in [0.2, 0.25) is 0 Å². The molecule has 2 rings (SSSR count). The summed E-state index contributed by atoms with van der Waals surface area (Å²) in [5.74, 6) is -5.59. The molecule has 1 N–H and O–H groups in total. The quantitative estimate of drug-likeness (QED) is 0.108. The first-order chi connectivity index (χ1) is 22.3. The van der Waals surface area contributed by atoms with Gasteiger partial charge in [0, 0.05) is 18.1 Å². The molecular formula is C34H31F10NO3. The SMILES string of the molecule is C=C(OCC(C)C)/C(F)=C\C=C\[C@@](Cc1ccccc1)(NC(=O)c1ccc(F)c(C(F)(F)F)c1)C(=C)/C=C(F)\C=C\OC(F)(F)C(F)F. The van der Waals surface area contributed by atoms with Crippen molar-refractivity contribution in [2.45, 2.75) is 44.5 Å². The molecule has 48 heavy (non-hydrogen) atoms. The summed E-state index contributed by atoms with van der Waals surface area (Å²) < 4.78 is 144. The number of carbonyl (C=O) groups excluding carboxylic acids is 1. The molecule has 0 spiro atoms. The minimum Gasteiger partial charge on any atom is -0.491 e. The van der Waals surface area contributed by atoms with E-state index in [4.69, 9.17) is 4.74 Å². The predicted molar refractivity (Wildman–Crippen MR) is 160 cm³/mol. The van der Waals surface area contributed by atoms with Gasteiger partial charge in [-0.15, -0.1) is 0 Å². The standard InChI is InChI=1S/C34H31F10NO3/c1-21(2)20-47-23(4)28(36)11-8-15-32(19-24-9-6-5-7-10-24,22(3)17-26(35)14-16-48-34(43,44)31(38)39)45-30(46)25-12-13-29(37)27(18-25)33(40,41)42/h5-18,21,31H,3-4,19-20H2,1-2H3,(H,45,46)/b15-8+,16-14+,26-17+,28-11+/t32-/m0/s1. The van der Waals surface area contributed by atoms with Crippen molar-refractivity contribution in [3.8, 4) is 0 Å². The van der Waals surface area contributed by atoms with Crippen molar-refractivity contribution >= 4 is 5.91 Å². The van der Waals surface area contributed by atoms with Gasteiger partial charge in [-0.2, -0.15) is 30.7 Å². The highest BCUT2D eigenvalue weighted by molar-refractivity contribution is 5.95. The molecule has 0 heterocycles. The average Bonchev–Trinajstić information content (AvgIpc) is 2.99.